The summed E-state index contributed by atoms with van der Waals surface area (Å²) >= 11 is 0. The zero-order valence-corrected chi connectivity index (χ0v) is 19.5. The van der Waals surface area contributed by atoms with Crippen LogP contribution in [0.5, 0.6) is 0 Å². The molecule has 1 aliphatic heterocycles. The number of hydrogen-bond acceptors (Lipinski definition) is 6. The lowest BCUT2D eigenvalue weighted by atomic mass is 9.84. The summed E-state index contributed by atoms with van der Waals surface area (Å²) in [6, 6.07) is 27.5. The molecule has 2 aliphatic rings. The Kier molecular flexibility index (Phi) is 6.55. The first-order valence-electron chi connectivity index (χ1n) is 11.4. The van der Waals surface area contributed by atoms with Crippen molar-refractivity contribution in [3.8, 4) is 0 Å². The van der Waals surface area contributed by atoms with Crippen molar-refractivity contribution < 1.29 is 27.7 Å². The smallest absolute Gasteiger partial charge is 0.228 e. The van der Waals surface area contributed by atoms with Gasteiger partial charge in [0.2, 0.25) is 14.8 Å². The molecule has 7 heteroatoms. The third-order valence-electron chi connectivity index (χ3n) is 6.61. The van der Waals surface area contributed by atoms with Crippen LogP contribution < -0.4 is 0 Å². The highest BCUT2D eigenvalue weighted by Crippen LogP contribution is 2.56. The minimum absolute atomic E-state index is 0.164. The Labute approximate surface area is 200 Å². The molecule has 0 spiro atoms. The van der Waals surface area contributed by atoms with E-state index in [0.717, 1.165) is 11.1 Å². The molecule has 5 rings (SSSR count). The Balaban J connectivity index is 1.37. The predicted octanol–water partition coefficient (Wildman–Crippen LogP) is 3.74. The van der Waals surface area contributed by atoms with Gasteiger partial charge in [-0.05, 0) is 29.7 Å². The second-order valence-electron chi connectivity index (χ2n) is 8.85. The van der Waals surface area contributed by atoms with Gasteiger partial charge < -0.3 is 19.3 Å². The second kappa shape index (κ2) is 9.60. The van der Waals surface area contributed by atoms with Crippen LogP contribution >= 0.6 is 0 Å². The van der Waals surface area contributed by atoms with Gasteiger partial charge in [0.15, 0.2) is 0 Å². The number of hydrogen-bond donors (Lipinski definition) is 1. The summed E-state index contributed by atoms with van der Waals surface area (Å²) in [4.78, 5) is -1.44. The van der Waals surface area contributed by atoms with Crippen molar-refractivity contribution >= 4 is 9.84 Å². The Bertz CT molecular complexity index is 1190. The van der Waals surface area contributed by atoms with Crippen LogP contribution in [-0.2, 0) is 37.3 Å². The van der Waals surface area contributed by atoms with Crippen LogP contribution in [0, 0.1) is 5.92 Å². The Morgan fingerprint density at radius 3 is 2.03 bits per heavy atom. The lowest BCUT2D eigenvalue weighted by Gasteiger charge is -2.37. The van der Waals surface area contributed by atoms with E-state index in [-0.39, 0.29) is 24.0 Å². The van der Waals surface area contributed by atoms with E-state index in [1.807, 2.05) is 60.7 Å². The van der Waals surface area contributed by atoms with Gasteiger partial charge in [-0.2, -0.15) is 0 Å². The third-order valence-corrected chi connectivity index (χ3v) is 8.94. The fraction of sp³-hybridized carbons (Fsp3) is 0.333. The lowest BCUT2D eigenvalue weighted by Crippen LogP contribution is -2.55. The first kappa shape index (κ1) is 23.2. The van der Waals surface area contributed by atoms with Crippen molar-refractivity contribution in [1.82, 2.24) is 0 Å². The summed E-state index contributed by atoms with van der Waals surface area (Å²) in [6.45, 7) is 0.865. The van der Waals surface area contributed by atoms with E-state index in [2.05, 4.69) is 0 Å². The monoisotopic (exact) mass is 480 g/mol. The van der Waals surface area contributed by atoms with Gasteiger partial charge in [-0.15, -0.1) is 0 Å². The number of rotatable bonds is 9. The van der Waals surface area contributed by atoms with Gasteiger partial charge in [-0.1, -0.05) is 78.9 Å². The summed E-state index contributed by atoms with van der Waals surface area (Å²) in [5, 5.41) is 11.3. The van der Waals surface area contributed by atoms with Crippen LogP contribution in [-0.4, -0.2) is 43.4 Å². The van der Waals surface area contributed by atoms with Gasteiger partial charge in [-0.3, -0.25) is 0 Å². The number of sulfone groups is 1. The van der Waals surface area contributed by atoms with E-state index >= 15 is 0 Å². The Morgan fingerprint density at radius 2 is 1.41 bits per heavy atom. The molecule has 0 amide bonds. The molecule has 1 heterocycles. The van der Waals surface area contributed by atoms with Crippen molar-refractivity contribution in [3.05, 3.63) is 102 Å². The van der Waals surface area contributed by atoms with E-state index in [0.29, 0.717) is 13.0 Å². The molecule has 2 fully saturated rings. The third kappa shape index (κ3) is 4.30. The molecule has 1 aliphatic carbocycles. The first-order chi connectivity index (χ1) is 16.5. The number of ether oxygens (including phenoxy) is 3. The van der Waals surface area contributed by atoms with E-state index in [9.17, 15) is 13.5 Å². The summed E-state index contributed by atoms with van der Waals surface area (Å²) in [7, 11) is -3.91. The quantitative estimate of drug-likeness (QED) is 0.470. The molecular weight excluding hydrogens is 452 g/mol. The van der Waals surface area contributed by atoms with Crippen molar-refractivity contribution in [1.29, 1.82) is 0 Å². The van der Waals surface area contributed by atoms with E-state index in [1.54, 1.807) is 30.3 Å². The van der Waals surface area contributed by atoms with Gasteiger partial charge in [-0.25, -0.2) is 8.42 Å². The van der Waals surface area contributed by atoms with Crippen molar-refractivity contribution in [2.45, 2.75) is 47.8 Å². The molecule has 1 saturated carbocycles. The molecule has 0 radical (unpaired) electrons. The molecule has 3 aromatic rings. The molecule has 0 unspecified atom stereocenters. The zero-order chi connectivity index (χ0) is 23.6. The van der Waals surface area contributed by atoms with Gasteiger partial charge in [0.1, 0.15) is 12.2 Å². The normalized spacial score (nSPS) is 28.3. The second-order valence-corrected chi connectivity index (χ2v) is 11.0. The summed E-state index contributed by atoms with van der Waals surface area (Å²) in [5.74, 6) is -0.309. The Hall–Kier alpha value is -2.55. The SMILES string of the molecule is O=S(=O)(c1ccccc1)[C@]12O[C@H]1C[C@H](COCc1ccccc1)[C@@H](O)[C@@H]2OCc1ccccc1. The molecule has 1 saturated heterocycles. The fourth-order valence-electron chi connectivity index (χ4n) is 4.77. The average Bonchev–Trinajstić information content (AvgIpc) is 3.61. The van der Waals surface area contributed by atoms with Crippen LogP contribution in [0.4, 0.5) is 0 Å². The van der Waals surface area contributed by atoms with Crippen molar-refractivity contribution in [2.75, 3.05) is 6.61 Å². The molecule has 178 valence electrons. The summed E-state index contributed by atoms with van der Waals surface area (Å²) in [6.07, 6.45) is -2.28. The molecule has 1 N–H and O–H groups in total. The number of aliphatic hydroxyl groups excluding tert-OH is 1. The fourth-order valence-corrected chi connectivity index (χ4v) is 6.85. The highest BCUT2D eigenvalue weighted by molar-refractivity contribution is 7.93. The highest BCUT2D eigenvalue weighted by atomic mass is 32.2. The number of benzene rings is 3. The molecule has 5 atom stereocenters. The lowest BCUT2D eigenvalue weighted by molar-refractivity contribution is -0.108. The molecule has 0 bridgehead atoms. The number of fused-ring (bicyclic) bond motifs is 1. The van der Waals surface area contributed by atoms with E-state index in [4.69, 9.17) is 14.2 Å². The zero-order valence-electron chi connectivity index (χ0n) is 18.7. The predicted molar refractivity (Wildman–Crippen MR) is 126 cm³/mol. The van der Waals surface area contributed by atoms with Gasteiger partial charge in [0.05, 0.1) is 30.8 Å². The summed E-state index contributed by atoms with van der Waals surface area (Å²) < 4.78 is 45.3. The number of aliphatic hydroxyl groups is 1. The summed E-state index contributed by atoms with van der Waals surface area (Å²) in [5.41, 5.74) is 1.93. The topological polar surface area (TPSA) is 85.4 Å². The standard InChI is InChI=1S/C27H28O6S/c28-25-22(19-31-17-20-10-4-1-5-11-20)16-24-27(33-24,34(29,30)23-14-8-3-9-15-23)26(25)32-18-21-12-6-2-7-13-21/h1-15,22,24-26,28H,16-19H2/t22-,24+,25-,26+,27-/m1/s1. The molecule has 34 heavy (non-hydrogen) atoms. The van der Waals surface area contributed by atoms with Gasteiger partial charge >= 0.3 is 0 Å². The highest BCUT2D eigenvalue weighted by Gasteiger charge is 2.76. The first-order valence-corrected chi connectivity index (χ1v) is 12.9. The maximum absolute atomic E-state index is 13.7. The van der Waals surface area contributed by atoms with Crippen LogP contribution in [0.25, 0.3) is 0 Å². The van der Waals surface area contributed by atoms with Crippen LogP contribution in [0.1, 0.15) is 17.5 Å². The van der Waals surface area contributed by atoms with Crippen LogP contribution in [0.2, 0.25) is 0 Å². The Morgan fingerprint density at radius 1 is 0.853 bits per heavy atom. The van der Waals surface area contributed by atoms with Crippen LogP contribution in [0.15, 0.2) is 95.9 Å². The van der Waals surface area contributed by atoms with Crippen molar-refractivity contribution in [3.63, 3.8) is 0 Å². The maximum Gasteiger partial charge on any atom is 0.228 e. The maximum atomic E-state index is 13.7. The number of epoxide rings is 1. The molecule has 6 nitrogen and oxygen atoms in total. The van der Waals surface area contributed by atoms with Crippen molar-refractivity contribution in [2.24, 2.45) is 5.92 Å². The molecular formula is C27H28O6S. The largest absolute Gasteiger partial charge is 0.390 e. The minimum atomic E-state index is -3.91. The van der Waals surface area contributed by atoms with Crippen LogP contribution in [0.3, 0.4) is 0 Å². The van der Waals surface area contributed by atoms with E-state index < -0.39 is 33.1 Å². The molecule has 3 aromatic carbocycles. The van der Waals surface area contributed by atoms with Gasteiger partial charge in [0, 0.05) is 5.92 Å². The molecule has 0 aromatic heterocycles. The minimum Gasteiger partial charge on any atom is -0.390 e. The average molecular weight is 481 g/mol. The van der Waals surface area contributed by atoms with E-state index in [1.165, 1.54) is 0 Å². The van der Waals surface area contributed by atoms with Gasteiger partial charge in [0.25, 0.3) is 0 Å².